The molecular formula is C18H12F10O2. The van der Waals surface area contributed by atoms with E-state index in [0.717, 1.165) is 0 Å². The number of hydrogen-bond acceptors (Lipinski definition) is 2. The first-order valence-corrected chi connectivity index (χ1v) is 8.17. The Morgan fingerprint density at radius 2 is 1.30 bits per heavy atom. The highest BCUT2D eigenvalue weighted by Crippen LogP contribution is 2.38. The Labute approximate surface area is 163 Å². The Balaban J connectivity index is 2.36. The summed E-state index contributed by atoms with van der Waals surface area (Å²) in [5.41, 5.74) is -1.78. The van der Waals surface area contributed by atoms with Crippen molar-refractivity contribution in [1.29, 1.82) is 0 Å². The molecule has 2 aromatic carbocycles. The smallest absolute Gasteiger partial charge is 0.429 e. The summed E-state index contributed by atoms with van der Waals surface area (Å²) in [4.78, 5) is 0. The fraction of sp³-hybridized carbons (Fsp3) is 0.333. The van der Waals surface area contributed by atoms with Crippen LogP contribution in [0, 0.1) is 23.3 Å². The fourth-order valence-electron chi connectivity index (χ4n) is 2.41. The summed E-state index contributed by atoms with van der Waals surface area (Å²) < 4.78 is 141. The normalized spacial score (nSPS) is 12.4. The van der Waals surface area contributed by atoms with E-state index in [2.05, 4.69) is 9.47 Å². The molecule has 0 aliphatic heterocycles. The van der Waals surface area contributed by atoms with Crippen molar-refractivity contribution in [3.05, 3.63) is 58.7 Å². The second kappa shape index (κ2) is 8.60. The summed E-state index contributed by atoms with van der Waals surface area (Å²) in [6.45, 7) is 1.68. The number of aryl methyl sites for hydroxylation is 1. The quantitative estimate of drug-likeness (QED) is 0.424. The van der Waals surface area contributed by atoms with Crippen LogP contribution in [0.3, 0.4) is 0 Å². The Kier molecular flexibility index (Phi) is 6.77. The van der Waals surface area contributed by atoms with Gasteiger partial charge in [-0.1, -0.05) is 13.3 Å². The molecule has 0 radical (unpaired) electrons. The monoisotopic (exact) mass is 450 g/mol. The van der Waals surface area contributed by atoms with Crippen LogP contribution in [-0.2, 0) is 12.5 Å². The minimum absolute atomic E-state index is 0.0746. The van der Waals surface area contributed by atoms with E-state index >= 15 is 0 Å². The van der Waals surface area contributed by atoms with E-state index in [1.165, 1.54) is 0 Å². The van der Waals surface area contributed by atoms with Gasteiger partial charge in [0.25, 0.3) is 0 Å². The number of alkyl halides is 6. The van der Waals surface area contributed by atoms with Crippen molar-refractivity contribution in [3.8, 4) is 11.5 Å². The van der Waals surface area contributed by atoms with Crippen LogP contribution in [0.15, 0.2) is 24.3 Å². The highest BCUT2D eigenvalue weighted by Gasteiger charge is 2.46. The van der Waals surface area contributed by atoms with Crippen LogP contribution < -0.4 is 9.47 Å². The molecular weight excluding hydrogens is 438 g/mol. The van der Waals surface area contributed by atoms with Gasteiger partial charge >= 0.3 is 18.6 Å². The zero-order valence-corrected chi connectivity index (χ0v) is 14.9. The molecule has 0 heterocycles. The molecule has 0 spiro atoms. The molecule has 0 bridgehead atoms. The maximum atomic E-state index is 14.2. The molecule has 2 rings (SSSR count). The second-order valence-electron chi connectivity index (χ2n) is 5.98. The van der Waals surface area contributed by atoms with E-state index in [1.807, 2.05) is 0 Å². The largest absolute Gasteiger partial charge is 0.461 e. The molecule has 0 saturated heterocycles. The van der Waals surface area contributed by atoms with Crippen LogP contribution in [0.5, 0.6) is 11.5 Å². The average Bonchev–Trinajstić information content (AvgIpc) is 2.57. The SMILES string of the molecule is CCCc1cc(F)c(C(F)(F)Oc2cc(F)c(OC(F)(F)C(F)F)c(F)c2)c(F)c1. The van der Waals surface area contributed by atoms with Crippen molar-refractivity contribution in [2.75, 3.05) is 0 Å². The van der Waals surface area contributed by atoms with E-state index in [-0.39, 0.29) is 24.1 Å². The number of halogens is 10. The lowest BCUT2D eigenvalue weighted by atomic mass is 10.1. The van der Waals surface area contributed by atoms with Crippen molar-refractivity contribution >= 4 is 0 Å². The van der Waals surface area contributed by atoms with Crippen molar-refractivity contribution in [2.45, 2.75) is 38.4 Å². The third-order valence-corrected chi connectivity index (χ3v) is 3.64. The van der Waals surface area contributed by atoms with Gasteiger partial charge in [0.2, 0.25) is 0 Å². The summed E-state index contributed by atoms with van der Waals surface area (Å²) in [5.74, 6) is -10.9. The molecule has 12 heteroatoms. The predicted octanol–water partition coefficient (Wildman–Crippen LogP) is 6.56. The summed E-state index contributed by atoms with van der Waals surface area (Å²) in [6, 6.07) is 1.05. The molecule has 30 heavy (non-hydrogen) atoms. The molecule has 0 aliphatic carbocycles. The molecule has 0 amide bonds. The van der Waals surface area contributed by atoms with Crippen molar-refractivity contribution in [1.82, 2.24) is 0 Å². The Bertz CT molecular complexity index is 868. The summed E-state index contributed by atoms with van der Waals surface area (Å²) >= 11 is 0. The lowest BCUT2D eigenvalue weighted by molar-refractivity contribution is -0.255. The summed E-state index contributed by atoms with van der Waals surface area (Å²) in [6.07, 6.45) is -13.9. The first-order valence-electron chi connectivity index (χ1n) is 8.17. The van der Waals surface area contributed by atoms with Gasteiger partial charge in [0.05, 0.1) is 0 Å². The van der Waals surface area contributed by atoms with Crippen LogP contribution in [0.2, 0.25) is 0 Å². The van der Waals surface area contributed by atoms with Crippen molar-refractivity contribution in [2.24, 2.45) is 0 Å². The van der Waals surface area contributed by atoms with Gasteiger partial charge in [0, 0.05) is 12.1 Å². The molecule has 166 valence electrons. The molecule has 2 nitrogen and oxygen atoms in total. The topological polar surface area (TPSA) is 18.5 Å². The van der Waals surface area contributed by atoms with E-state index in [0.29, 0.717) is 18.6 Å². The average molecular weight is 450 g/mol. The molecule has 0 aromatic heterocycles. The van der Waals surface area contributed by atoms with Crippen LogP contribution >= 0.6 is 0 Å². The van der Waals surface area contributed by atoms with Crippen LogP contribution in [0.25, 0.3) is 0 Å². The van der Waals surface area contributed by atoms with Gasteiger partial charge < -0.3 is 9.47 Å². The zero-order valence-electron chi connectivity index (χ0n) is 14.9. The molecule has 0 fully saturated rings. The standard InChI is InChI=1S/C18H12F10O2/c1-2-3-8-4-10(19)14(11(20)5-8)17(25,26)29-9-6-12(21)15(13(22)7-9)30-18(27,28)16(23)24/h4-7,16H,2-3H2,1H3. The number of hydrogen-bond donors (Lipinski definition) is 0. The van der Waals surface area contributed by atoms with Gasteiger partial charge in [-0.05, 0) is 24.1 Å². The lowest BCUT2D eigenvalue weighted by Crippen LogP contribution is -2.34. The van der Waals surface area contributed by atoms with E-state index in [1.54, 1.807) is 6.92 Å². The highest BCUT2D eigenvalue weighted by atomic mass is 19.3. The number of rotatable bonds is 8. The zero-order chi connectivity index (χ0) is 22.9. The molecule has 0 saturated carbocycles. The molecule has 0 N–H and O–H groups in total. The Morgan fingerprint density at radius 1 is 0.800 bits per heavy atom. The van der Waals surface area contributed by atoms with Gasteiger partial charge in [-0.2, -0.15) is 26.3 Å². The first-order chi connectivity index (χ1) is 13.8. The highest BCUT2D eigenvalue weighted by molar-refractivity contribution is 5.36. The Morgan fingerprint density at radius 3 is 1.73 bits per heavy atom. The fourth-order valence-corrected chi connectivity index (χ4v) is 2.41. The van der Waals surface area contributed by atoms with Crippen LogP contribution in [0.4, 0.5) is 43.9 Å². The maximum Gasteiger partial charge on any atom is 0.461 e. The van der Waals surface area contributed by atoms with Gasteiger partial charge in [-0.3, -0.25) is 0 Å². The van der Waals surface area contributed by atoms with Gasteiger partial charge in [0.1, 0.15) is 22.9 Å². The van der Waals surface area contributed by atoms with Crippen LogP contribution in [0.1, 0.15) is 24.5 Å². The van der Waals surface area contributed by atoms with E-state index in [4.69, 9.17) is 0 Å². The van der Waals surface area contributed by atoms with Gasteiger partial charge in [0.15, 0.2) is 17.4 Å². The molecule has 0 aliphatic rings. The third kappa shape index (κ3) is 5.08. The van der Waals surface area contributed by atoms with Crippen molar-refractivity contribution < 1.29 is 53.4 Å². The maximum absolute atomic E-state index is 14.2. The molecule has 2 aromatic rings. The summed E-state index contributed by atoms with van der Waals surface area (Å²) in [7, 11) is 0. The third-order valence-electron chi connectivity index (χ3n) is 3.64. The van der Waals surface area contributed by atoms with E-state index in [9.17, 15) is 43.9 Å². The lowest BCUT2D eigenvalue weighted by Gasteiger charge is -2.21. The first kappa shape index (κ1) is 23.6. The Hall–Kier alpha value is -2.66. The summed E-state index contributed by atoms with van der Waals surface area (Å²) in [5, 5.41) is 0. The minimum Gasteiger partial charge on any atom is -0.429 e. The molecule has 0 atom stereocenters. The number of benzene rings is 2. The van der Waals surface area contributed by atoms with Crippen molar-refractivity contribution in [3.63, 3.8) is 0 Å². The van der Waals surface area contributed by atoms with Gasteiger partial charge in [-0.25, -0.2) is 17.6 Å². The predicted molar refractivity (Wildman–Crippen MR) is 82.8 cm³/mol. The van der Waals surface area contributed by atoms with Gasteiger partial charge in [-0.15, -0.1) is 0 Å². The minimum atomic E-state index is -5.28. The number of ether oxygens (including phenoxy) is 2. The van der Waals surface area contributed by atoms with E-state index < -0.39 is 59.0 Å². The second-order valence-corrected chi connectivity index (χ2v) is 5.98. The molecule has 0 unspecified atom stereocenters. The van der Waals surface area contributed by atoms with Crippen LogP contribution in [-0.4, -0.2) is 12.5 Å².